The highest BCUT2D eigenvalue weighted by atomic mass is 16.3. The van der Waals surface area contributed by atoms with E-state index in [4.69, 9.17) is 14.6 Å². The SMILES string of the molecule is c1ccc(-c2nnc(-c3cccc4c5ccccc5n(-c5cccc(-c6ccccc6-n6c7ccccc7c7c8c(ccc76)oc6ccccc68)c5)c34)n2-c2ccccc2)cc1. The molecule has 0 amide bonds. The molecule has 4 heterocycles. The van der Waals surface area contributed by atoms with Gasteiger partial charge in [0, 0.05) is 60.4 Å². The minimum atomic E-state index is 0.775. The van der Waals surface area contributed by atoms with Crippen LogP contribution in [0.2, 0.25) is 0 Å². The van der Waals surface area contributed by atoms with E-state index in [0.717, 1.165) is 100 Å². The maximum atomic E-state index is 6.39. The summed E-state index contributed by atoms with van der Waals surface area (Å²) in [6.07, 6.45) is 0. The number of benzene rings is 9. The van der Waals surface area contributed by atoms with Crippen LogP contribution in [0.3, 0.4) is 0 Å². The summed E-state index contributed by atoms with van der Waals surface area (Å²) >= 11 is 0. The van der Waals surface area contributed by atoms with Crippen molar-refractivity contribution in [1.82, 2.24) is 23.9 Å². The largest absolute Gasteiger partial charge is 0.456 e. The predicted octanol–water partition coefficient (Wildman–Crippen LogP) is 14.4. The zero-order valence-corrected chi connectivity index (χ0v) is 33.4. The second kappa shape index (κ2) is 13.5. The highest BCUT2D eigenvalue weighted by Gasteiger charge is 2.24. The van der Waals surface area contributed by atoms with Crippen LogP contribution in [-0.4, -0.2) is 23.9 Å². The summed E-state index contributed by atoms with van der Waals surface area (Å²) in [5.41, 5.74) is 13.7. The van der Waals surface area contributed by atoms with Gasteiger partial charge in [0.05, 0.1) is 27.8 Å². The van der Waals surface area contributed by atoms with Crippen molar-refractivity contribution >= 4 is 65.6 Å². The molecule has 0 bridgehead atoms. The number of rotatable bonds is 6. The third-order valence-corrected chi connectivity index (χ3v) is 12.4. The molecule has 0 atom stereocenters. The summed E-state index contributed by atoms with van der Waals surface area (Å²) in [5, 5.41) is 16.8. The molecule has 9 aromatic carbocycles. The highest BCUT2D eigenvalue weighted by Crippen LogP contribution is 2.44. The van der Waals surface area contributed by atoms with Gasteiger partial charge in [-0.3, -0.25) is 4.57 Å². The predicted molar refractivity (Wildman–Crippen MR) is 254 cm³/mol. The van der Waals surface area contributed by atoms with Crippen LogP contribution in [0, 0.1) is 0 Å². The normalized spacial score (nSPS) is 11.9. The first-order valence-corrected chi connectivity index (χ1v) is 20.9. The van der Waals surface area contributed by atoms with Crippen LogP contribution in [0.15, 0.2) is 217 Å². The molecule has 0 saturated carbocycles. The Bertz CT molecular complexity index is 3870. The van der Waals surface area contributed by atoms with Gasteiger partial charge in [-0.15, -0.1) is 10.2 Å². The summed E-state index contributed by atoms with van der Waals surface area (Å²) < 4.78 is 13.4. The smallest absolute Gasteiger partial charge is 0.171 e. The molecule has 0 fully saturated rings. The monoisotopic (exact) mass is 793 g/mol. The van der Waals surface area contributed by atoms with E-state index in [9.17, 15) is 0 Å². The highest BCUT2D eigenvalue weighted by molar-refractivity contribution is 6.27. The molecule has 0 aliphatic rings. The first-order valence-electron chi connectivity index (χ1n) is 20.9. The number of fused-ring (bicyclic) bond motifs is 10. The maximum absolute atomic E-state index is 6.39. The van der Waals surface area contributed by atoms with Crippen LogP contribution in [0.5, 0.6) is 0 Å². The van der Waals surface area contributed by atoms with E-state index in [1.165, 1.54) is 16.2 Å². The molecule has 0 spiro atoms. The molecule has 0 aliphatic carbocycles. The fraction of sp³-hybridized carbons (Fsp3) is 0. The van der Waals surface area contributed by atoms with Crippen molar-refractivity contribution in [3.63, 3.8) is 0 Å². The van der Waals surface area contributed by atoms with E-state index < -0.39 is 0 Å². The van der Waals surface area contributed by atoms with Gasteiger partial charge >= 0.3 is 0 Å². The van der Waals surface area contributed by atoms with E-state index in [2.05, 4.69) is 196 Å². The Labute approximate surface area is 355 Å². The lowest BCUT2D eigenvalue weighted by Crippen LogP contribution is -2.02. The summed E-state index contributed by atoms with van der Waals surface area (Å²) in [6.45, 7) is 0. The van der Waals surface area contributed by atoms with Crippen LogP contribution in [0.4, 0.5) is 0 Å². The Hall–Kier alpha value is -8.48. The number of nitrogens with zero attached hydrogens (tertiary/aromatic N) is 5. The van der Waals surface area contributed by atoms with Gasteiger partial charge in [0.25, 0.3) is 0 Å². The number of hydrogen-bond donors (Lipinski definition) is 0. The fourth-order valence-electron chi connectivity index (χ4n) is 9.78. The quantitative estimate of drug-likeness (QED) is 0.168. The summed E-state index contributed by atoms with van der Waals surface area (Å²) in [4.78, 5) is 0. The lowest BCUT2D eigenvalue weighted by atomic mass is 10.0. The molecule has 6 nitrogen and oxygen atoms in total. The van der Waals surface area contributed by atoms with Gasteiger partial charge in [-0.25, -0.2) is 0 Å². The van der Waals surface area contributed by atoms with E-state index in [-0.39, 0.29) is 0 Å². The zero-order chi connectivity index (χ0) is 40.7. The molecular weight excluding hydrogens is 759 g/mol. The van der Waals surface area contributed by atoms with Crippen molar-refractivity contribution in [2.75, 3.05) is 0 Å². The topological polar surface area (TPSA) is 53.7 Å². The Morgan fingerprint density at radius 2 is 0.952 bits per heavy atom. The molecule has 13 rings (SSSR count). The first kappa shape index (κ1) is 34.4. The van der Waals surface area contributed by atoms with E-state index >= 15 is 0 Å². The van der Waals surface area contributed by atoms with E-state index in [1.807, 2.05) is 30.3 Å². The van der Waals surface area contributed by atoms with Crippen molar-refractivity contribution in [2.45, 2.75) is 0 Å². The van der Waals surface area contributed by atoms with Gasteiger partial charge in [0.1, 0.15) is 11.2 Å². The summed E-state index contributed by atoms with van der Waals surface area (Å²) in [6, 6.07) is 75.1. The molecule has 0 N–H and O–H groups in total. The number of aromatic nitrogens is 5. The van der Waals surface area contributed by atoms with Crippen molar-refractivity contribution in [1.29, 1.82) is 0 Å². The number of furan rings is 1. The maximum Gasteiger partial charge on any atom is 0.171 e. The lowest BCUT2D eigenvalue weighted by molar-refractivity contribution is 0.669. The third-order valence-electron chi connectivity index (χ3n) is 12.4. The Balaban J connectivity index is 1.04. The van der Waals surface area contributed by atoms with Crippen LogP contribution in [-0.2, 0) is 0 Å². The molecule has 62 heavy (non-hydrogen) atoms. The summed E-state index contributed by atoms with van der Waals surface area (Å²) in [7, 11) is 0. The molecule has 0 unspecified atom stereocenters. The van der Waals surface area contributed by atoms with Gasteiger partial charge in [0.2, 0.25) is 0 Å². The Kier molecular flexibility index (Phi) is 7.50. The second-order valence-corrected chi connectivity index (χ2v) is 15.8. The van der Waals surface area contributed by atoms with E-state index in [1.54, 1.807) is 0 Å². The van der Waals surface area contributed by atoms with E-state index in [0.29, 0.717) is 0 Å². The molecular formula is C56H35N5O. The molecule has 0 radical (unpaired) electrons. The van der Waals surface area contributed by atoms with Gasteiger partial charge in [-0.2, -0.15) is 0 Å². The van der Waals surface area contributed by atoms with Gasteiger partial charge in [-0.05, 0) is 72.3 Å². The number of hydrogen-bond acceptors (Lipinski definition) is 3. The first-order chi connectivity index (χ1) is 30.8. The lowest BCUT2D eigenvalue weighted by Gasteiger charge is -2.16. The molecule has 0 saturated heterocycles. The molecule has 4 aromatic heterocycles. The molecule has 6 heteroatoms. The average molecular weight is 794 g/mol. The fourth-order valence-corrected chi connectivity index (χ4v) is 9.78. The van der Waals surface area contributed by atoms with Crippen molar-refractivity contribution in [3.8, 4) is 51.0 Å². The standard InChI is InChI=1S/C56H35N5O/c1-3-17-36(18-4-1)55-57-58-56(60(55)38-20-5-2-6-21-38)45-28-16-27-42-41-24-8-12-30-47(41)59(54(42)45)39-22-15-19-37(35-39)40-23-7-11-29-46(40)61-48-31-13-9-25-43(48)52-49(61)33-34-51-53(52)44-26-10-14-32-50(44)62-51/h1-35H. The van der Waals surface area contributed by atoms with Gasteiger partial charge < -0.3 is 13.6 Å². The van der Waals surface area contributed by atoms with Crippen LogP contribution >= 0.6 is 0 Å². The molecule has 0 aliphatic heterocycles. The zero-order valence-electron chi connectivity index (χ0n) is 33.4. The van der Waals surface area contributed by atoms with Crippen LogP contribution in [0.1, 0.15) is 0 Å². The van der Waals surface area contributed by atoms with Gasteiger partial charge in [0.15, 0.2) is 11.6 Å². The Morgan fingerprint density at radius 1 is 0.339 bits per heavy atom. The molecule has 290 valence electrons. The molecule has 13 aromatic rings. The Morgan fingerprint density at radius 3 is 1.81 bits per heavy atom. The number of para-hydroxylation sites is 6. The van der Waals surface area contributed by atoms with Gasteiger partial charge in [-0.1, -0.05) is 146 Å². The van der Waals surface area contributed by atoms with Crippen LogP contribution in [0.25, 0.3) is 117 Å². The second-order valence-electron chi connectivity index (χ2n) is 15.8. The van der Waals surface area contributed by atoms with Crippen molar-refractivity contribution in [2.24, 2.45) is 0 Å². The van der Waals surface area contributed by atoms with Crippen molar-refractivity contribution in [3.05, 3.63) is 212 Å². The third kappa shape index (κ3) is 5.04. The van der Waals surface area contributed by atoms with Crippen LogP contribution < -0.4 is 0 Å². The average Bonchev–Trinajstić information content (AvgIpc) is 4.12. The van der Waals surface area contributed by atoms with Crippen molar-refractivity contribution < 1.29 is 4.42 Å². The minimum absolute atomic E-state index is 0.775. The minimum Gasteiger partial charge on any atom is -0.456 e. The summed E-state index contributed by atoms with van der Waals surface area (Å²) in [5.74, 6) is 1.56.